The molecule has 1 atom stereocenters. The summed E-state index contributed by atoms with van der Waals surface area (Å²) in [7, 11) is 1.67. The zero-order chi connectivity index (χ0) is 13.9. The van der Waals surface area contributed by atoms with Gasteiger partial charge in [-0.25, -0.2) is 0 Å². The monoisotopic (exact) mass is 262 g/mol. The molecule has 1 fully saturated rings. The highest BCUT2D eigenvalue weighted by atomic mass is 16.5. The molecule has 0 spiro atoms. The fourth-order valence-corrected chi connectivity index (χ4v) is 3.62. The smallest absolute Gasteiger partial charge is 0.118 e. The first-order valence-corrected chi connectivity index (χ1v) is 7.39. The molecule has 1 aromatic carbocycles. The van der Waals surface area contributed by atoms with Gasteiger partial charge in [-0.05, 0) is 42.9 Å². The van der Waals surface area contributed by atoms with E-state index < -0.39 is 0 Å². The molecular weight excluding hydrogens is 236 g/mol. The van der Waals surface area contributed by atoms with Crippen molar-refractivity contribution >= 4 is 0 Å². The number of aliphatic hydroxyl groups is 1. The van der Waals surface area contributed by atoms with Gasteiger partial charge in [-0.2, -0.15) is 0 Å². The van der Waals surface area contributed by atoms with E-state index in [9.17, 15) is 5.11 Å². The number of hydrogen-bond acceptors (Lipinski definition) is 2. The molecule has 1 aromatic rings. The third-order valence-electron chi connectivity index (χ3n) is 4.43. The molecule has 0 saturated heterocycles. The van der Waals surface area contributed by atoms with Crippen LogP contribution in [0.2, 0.25) is 0 Å². The van der Waals surface area contributed by atoms with Crippen LogP contribution in [0.25, 0.3) is 0 Å². The molecule has 0 aromatic heterocycles. The third kappa shape index (κ3) is 3.11. The van der Waals surface area contributed by atoms with Crippen molar-refractivity contribution in [1.82, 2.24) is 0 Å². The molecule has 0 amide bonds. The van der Waals surface area contributed by atoms with Crippen molar-refractivity contribution in [3.05, 3.63) is 29.8 Å². The highest BCUT2D eigenvalue weighted by Gasteiger charge is 2.41. The molecule has 106 valence electrons. The van der Waals surface area contributed by atoms with Crippen molar-refractivity contribution in [2.24, 2.45) is 11.3 Å². The van der Waals surface area contributed by atoms with Crippen LogP contribution >= 0.6 is 0 Å². The molecule has 0 aliphatic heterocycles. The van der Waals surface area contributed by atoms with E-state index in [-0.39, 0.29) is 11.5 Å². The Balaban J connectivity index is 2.20. The SMILES string of the molecule is COc1ccc(C(O)C2(CC(C)C)CCCC2)cc1. The molecule has 2 heteroatoms. The lowest BCUT2D eigenvalue weighted by Crippen LogP contribution is -2.27. The van der Waals surface area contributed by atoms with E-state index in [4.69, 9.17) is 4.74 Å². The van der Waals surface area contributed by atoms with Crippen LogP contribution in [0.3, 0.4) is 0 Å². The van der Waals surface area contributed by atoms with Crippen LogP contribution in [-0.2, 0) is 0 Å². The summed E-state index contributed by atoms with van der Waals surface area (Å²) in [5.41, 5.74) is 1.12. The number of ether oxygens (including phenoxy) is 1. The fraction of sp³-hybridized carbons (Fsp3) is 0.647. The fourth-order valence-electron chi connectivity index (χ4n) is 3.62. The molecule has 1 unspecified atom stereocenters. The lowest BCUT2D eigenvalue weighted by molar-refractivity contribution is 0.0112. The van der Waals surface area contributed by atoms with Crippen LogP contribution in [0.1, 0.15) is 57.6 Å². The largest absolute Gasteiger partial charge is 0.497 e. The Morgan fingerprint density at radius 3 is 2.21 bits per heavy atom. The van der Waals surface area contributed by atoms with E-state index in [0.29, 0.717) is 5.92 Å². The van der Waals surface area contributed by atoms with E-state index in [0.717, 1.165) is 30.6 Å². The van der Waals surface area contributed by atoms with Gasteiger partial charge in [-0.1, -0.05) is 38.8 Å². The molecule has 1 saturated carbocycles. The molecule has 1 aliphatic carbocycles. The normalized spacial score (nSPS) is 19.6. The van der Waals surface area contributed by atoms with Crippen molar-refractivity contribution < 1.29 is 9.84 Å². The Kier molecular flexibility index (Phi) is 4.51. The summed E-state index contributed by atoms with van der Waals surface area (Å²) >= 11 is 0. The minimum Gasteiger partial charge on any atom is -0.497 e. The van der Waals surface area contributed by atoms with Gasteiger partial charge in [-0.3, -0.25) is 0 Å². The molecule has 2 nitrogen and oxygen atoms in total. The van der Waals surface area contributed by atoms with Gasteiger partial charge >= 0.3 is 0 Å². The van der Waals surface area contributed by atoms with Gasteiger partial charge in [-0.15, -0.1) is 0 Å². The van der Waals surface area contributed by atoms with Crippen LogP contribution in [0, 0.1) is 11.3 Å². The average Bonchev–Trinajstić information content (AvgIpc) is 2.87. The Hall–Kier alpha value is -1.02. The Bertz CT molecular complexity index is 388. The Labute approximate surface area is 116 Å². The quantitative estimate of drug-likeness (QED) is 0.855. The predicted octanol–water partition coefficient (Wildman–Crippen LogP) is 4.34. The number of hydrogen-bond donors (Lipinski definition) is 1. The first-order valence-electron chi connectivity index (χ1n) is 7.39. The Morgan fingerprint density at radius 1 is 1.16 bits per heavy atom. The van der Waals surface area contributed by atoms with Crippen LogP contribution in [0.4, 0.5) is 0 Å². The summed E-state index contributed by atoms with van der Waals surface area (Å²) in [5, 5.41) is 10.8. The summed E-state index contributed by atoms with van der Waals surface area (Å²) in [6.07, 6.45) is 5.57. The van der Waals surface area contributed by atoms with Crippen LogP contribution in [0.15, 0.2) is 24.3 Å². The predicted molar refractivity (Wildman–Crippen MR) is 78.3 cm³/mol. The van der Waals surface area contributed by atoms with Crippen LogP contribution < -0.4 is 4.74 Å². The van der Waals surface area contributed by atoms with E-state index in [2.05, 4.69) is 13.8 Å². The van der Waals surface area contributed by atoms with Crippen molar-refractivity contribution in [3.63, 3.8) is 0 Å². The molecule has 0 heterocycles. The maximum absolute atomic E-state index is 10.8. The second kappa shape index (κ2) is 5.96. The molecule has 2 rings (SSSR count). The van der Waals surface area contributed by atoms with Gasteiger partial charge in [0.2, 0.25) is 0 Å². The summed E-state index contributed by atoms with van der Waals surface area (Å²) in [5.74, 6) is 1.48. The van der Waals surface area contributed by atoms with Gasteiger partial charge in [0, 0.05) is 5.41 Å². The number of benzene rings is 1. The molecule has 1 N–H and O–H groups in total. The second-order valence-corrected chi connectivity index (χ2v) is 6.34. The molecule has 0 bridgehead atoms. The summed E-state index contributed by atoms with van der Waals surface area (Å²) in [6, 6.07) is 7.89. The third-order valence-corrected chi connectivity index (χ3v) is 4.43. The van der Waals surface area contributed by atoms with E-state index in [1.54, 1.807) is 7.11 Å². The lowest BCUT2D eigenvalue weighted by atomic mass is 9.72. The summed E-state index contributed by atoms with van der Waals surface area (Å²) < 4.78 is 5.18. The van der Waals surface area contributed by atoms with Gasteiger partial charge in [0.1, 0.15) is 5.75 Å². The van der Waals surface area contributed by atoms with Crippen molar-refractivity contribution in [2.75, 3.05) is 7.11 Å². The lowest BCUT2D eigenvalue weighted by Gasteiger charge is -2.36. The van der Waals surface area contributed by atoms with Crippen molar-refractivity contribution in [1.29, 1.82) is 0 Å². The first kappa shape index (κ1) is 14.4. The molecule has 19 heavy (non-hydrogen) atoms. The topological polar surface area (TPSA) is 29.5 Å². The highest BCUT2D eigenvalue weighted by molar-refractivity contribution is 5.29. The van der Waals surface area contributed by atoms with Gasteiger partial charge in [0.05, 0.1) is 13.2 Å². The maximum Gasteiger partial charge on any atom is 0.118 e. The van der Waals surface area contributed by atoms with E-state index in [1.165, 1.54) is 12.8 Å². The zero-order valence-electron chi connectivity index (χ0n) is 12.4. The minimum atomic E-state index is -0.344. The summed E-state index contributed by atoms with van der Waals surface area (Å²) in [4.78, 5) is 0. The second-order valence-electron chi connectivity index (χ2n) is 6.34. The number of aliphatic hydroxyl groups excluding tert-OH is 1. The van der Waals surface area contributed by atoms with Crippen molar-refractivity contribution in [3.8, 4) is 5.75 Å². The zero-order valence-corrected chi connectivity index (χ0v) is 12.4. The van der Waals surface area contributed by atoms with Crippen molar-refractivity contribution in [2.45, 2.75) is 52.1 Å². The number of rotatable bonds is 5. The van der Waals surface area contributed by atoms with Gasteiger partial charge < -0.3 is 9.84 Å². The van der Waals surface area contributed by atoms with Crippen LogP contribution in [0.5, 0.6) is 5.75 Å². The molecule has 1 aliphatic rings. The van der Waals surface area contributed by atoms with E-state index in [1.807, 2.05) is 24.3 Å². The number of methoxy groups -OCH3 is 1. The van der Waals surface area contributed by atoms with Gasteiger partial charge in [0.25, 0.3) is 0 Å². The first-order chi connectivity index (χ1) is 9.07. The van der Waals surface area contributed by atoms with Crippen LogP contribution in [-0.4, -0.2) is 12.2 Å². The van der Waals surface area contributed by atoms with E-state index >= 15 is 0 Å². The standard InChI is InChI=1S/C17H26O2/c1-13(2)12-17(10-4-5-11-17)16(18)14-6-8-15(19-3)9-7-14/h6-9,13,16,18H,4-5,10-12H2,1-3H3. The average molecular weight is 262 g/mol. The van der Waals surface area contributed by atoms with Gasteiger partial charge in [0.15, 0.2) is 0 Å². The maximum atomic E-state index is 10.8. The Morgan fingerprint density at radius 2 is 1.74 bits per heavy atom. The molecule has 0 radical (unpaired) electrons. The highest BCUT2D eigenvalue weighted by Crippen LogP contribution is 2.51. The molecular formula is C17H26O2. The summed E-state index contributed by atoms with van der Waals surface area (Å²) in [6.45, 7) is 4.50. The minimum absolute atomic E-state index is 0.0861.